The Morgan fingerprint density at radius 2 is 1.57 bits per heavy atom. The molecule has 2 rings (SSSR count). The molecular weight excluding hydrogens is 634 g/mol. The highest BCUT2D eigenvalue weighted by atomic mass is 32.2. The zero-order chi connectivity index (χ0) is 34.6. The number of ether oxygens (including phenoxy) is 3. The molecule has 6 atom stereocenters. The second-order valence-corrected chi connectivity index (χ2v) is 12.7. The number of aliphatic hydroxyl groups excluding tert-OH is 3. The Hall–Kier alpha value is -2.79. The van der Waals surface area contributed by atoms with Crippen LogP contribution in [0, 0.1) is 0 Å². The van der Waals surface area contributed by atoms with E-state index in [-0.39, 0.29) is 61.0 Å². The minimum Gasteiger partial charge on any atom is -0.462 e. The highest BCUT2D eigenvalue weighted by Crippen LogP contribution is 2.29. The number of carbonyl (C=O) groups is 4. The number of unbranched alkanes of at least 4 members (excludes halogenated alkanes) is 6. The van der Waals surface area contributed by atoms with Crippen molar-refractivity contribution in [1.82, 2.24) is 20.3 Å². The molecule has 0 saturated carbocycles. The van der Waals surface area contributed by atoms with Crippen molar-refractivity contribution < 1.29 is 48.7 Å². The summed E-state index contributed by atoms with van der Waals surface area (Å²) in [6.45, 7) is 5.48. The average Bonchev–Trinajstić information content (AvgIpc) is 3.62. The van der Waals surface area contributed by atoms with Gasteiger partial charge in [-0.15, -0.1) is 5.10 Å². The molecule has 0 aliphatic carbocycles. The smallest absolute Gasteiger partial charge is 0.306 e. The van der Waals surface area contributed by atoms with Crippen LogP contribution in [0.5, 0.6) is 0 Å². The zero-order valence-corrected chi connectivity index (χ0v) is 28.6. The summed E-state index contributed by atoms with van der Waals surface area (Å²) in [6, 6.07) is -0.995. The van der Waals surface area contributed by atoms with Gasteiger partial charge in [0.25, 0.3) is 0 Å². The molecular formula is C31H53N5O10S. The third kappa shape index (κ3) is 14.9. The van der Waals surface area contributed by atoms with Crippen molar-refractivity contribution in [2.45, 2.75) is 135 Å². The standard InChI is InChI=1S/C31H53N5O10S/c1-4-7-10-13-25(38)32-22(30(43)33-24-16-36(35-34-24)31-29(42)28(41)23(17-37)46-31)20-47-19-21(45-27(40)15-12-9-6-3)18-44-26(39)14-11-8-5-2/h16,21-23,28-29,31,37,41-42H,4-15,17-20H2,1-3H3,(H,32,38)(H,33,43)/t21-,22-,23?,28-,29+,31+/m1/s1. The highest BCUT2D eigenvalue weighted by Gasteiger charge is 2.44. The molecule has 0 bridgehead atoms. The molecule has 268 valence electrons. The van der Waals surface area contributed by atoms with Crippen LogP contribution in [0.1, 0.15) is 104 Å². The number of amides is 2. The lowest BCUT2D eigenvalue weighted by molar-refractivity contribution is -0.157. The Morgan fingerprint density at radius 3 is 2.19 bits per heavy atom. The van der Waals surface area contributed by atoms with Crippen LogP contribution in [0.25, 0.3) is 0 Å². The molecule has 1 aromatic rings. The molecule has 5 N–H and O–H groups in total. The zero-order valence-electron chi connectivity index (χ0n) is 27.8. The molecule has 2 amide bonds. The molecule has 0 aromatic carbocycles. The molecule has 1 unspecified atom stereocenters. The minimum absolute atomic E-state index is 0.0110. The summed E-state index contributed by atoms with van der Waals surface area (Å²) >= 11 is 1.26. The predicted octanol–water partition coefficient (Wildman–Crippen LogP) is 2.24. The van der Waals surface area contributed by atoms with E-state index in [2.05, 4.69) is 20.9 Å². The van der Waals surface area contributed by atoms with E-state index in [9.17, 15) is 34.5 Å². The van der Waals surface area contributed by atoms with Gasteiger partial charge in [-0.25, -0.2) is 4.68 Å². The number of nitrogens with one attached hydrogen (secondary N) is 2. The van der Waals surface area contributed by atoms with E-state index in [1.54, 1.807) is 0 Å². The summed E-state index contributed by atoms with van der Waals surface area (Å²) in [7, 11) is 0. The first-order valence-corrected chi connectivity index (χ1v) is 17.9. The number of aliphatic hydroxyl groups is 3. The van der Waals surface area contributed by atoms with Gasteiger partial charge >= 0.3 is 11.9 Å². The van der Waals surface area contributed by atoms with E-state index >= 15 is 0 Å². The number of thioether (sulfide) groups is 1. The molecule has 16 heteroatoms. The SMILES string of the molecule is CCCCCC(=O)N[C@H](CSC[C@@H](COC(=O)CCCCC)OC(=O)CCCCC)C(=O)Nc1cn([C@H]2OC(CO)[C@@H](O)[C@@H]2O)nn1. The maximum absolute atomic E-state index is 13.3. The van der Waals surface area contributed by atoms with E-state index < -0.39 is 49.2 Å². The van der Waals surface area contributed by atoms with Crippen LogP contribution >= 0.6 is 11.8 Å². The monoisotopic (exact) mass is 687 g/mol. The van der Waals surface area contributed by atoms with Gasteiger partial charge in [0, 0.05) is 30.8 Å². The van der Waals surface area contributed by atoms with Crippen LogP contribution in [0.15, 0.2) is 6.20 Å². The number of hydrogen-bond donors (Lipinski definition) is 5. The van der Waals surface area contributed by atoms with E-state index in [0.717, 1.165) is 43.2 Å². The molecule has 2 heterocycles. The maximum atomic E-state index is 13.3. The number of anilines is 1. The number of esters is 2. The van der Waals surface area contributed by atoms with Gasteiger partial charge in [0.1, 0.15) is 37.1 Å². The largest absolute Gasteiger partial charge is 0.462 e. The second-order valence-electron chi connectivity index (χ2n) is 11.6. The van der Waals surface area contributed by atoms with Gasteiger partial charge in [-0.3, -0.25) is 19.2 Å². The molecule has 1 saturated heterocycles. The molecule has 1 aliphatic rings. The fourth-order valence-electron chi connectivity index (χ4n) is 4.73. The fourth-order valence-corrected chi connectivity index (χ4v) is 5.76. The van der Waals surface area contributed by atoms with Crippen LogP contribution in [-0.2, 0) is 33.4 Å². The van der Waals surface area contributed by atoms with Crippen LogP contribution in [0.2, 0.25) is 0 Å². The number of aromatic nitrogens is 3. The van der Waals surface area contributed by atoms with Crippen molar-refractivity contribution in [1.29, 1.82) is 0 Å². The van der Waals surface area contributed by atoms with Crippen LogP contribution in [0.4, 0.5) is 5.82 Å². The molecule has 15 nitrogen and oxygen atoms in total. The van der Waals surface area contributed by atoms with Gasteiger partial charge in [0.05, 0.1) is 12.8 Å². The van der Waals surface area contributed by atoms with Crippen LogP contribution in [-0.4, -0.2) is 109 Å². The fraction of sp³-hybridized carbons (Fsp3) is 0.806. The molecule has 0 spiro atoms. The van der Waals surface area contributed by atoms with E-state index in [4.69, 9.17) is 14.2 Å². The van der Waals surface area contributed by atoms with Crippen molar-refractivity contribution in [3.8, 4) is 0 Å². The first kappa shape index (κ1) is 40.4. The Labute approximate surface area is 280 Å². The van der Waals surface area contributed by atoms with E-state index in [1.165, 1.54) is 18.0 Å². The van der Waals surface area contributed by atoms with Crippen LogP contribution < -0.4 is 10.6 Å². The van der Waals surface area contributed by atoms with Gasteiger partial charge in [-0.1, -0.05) is 64.5 Å². The van der Waals surface area contributed by atoms with Crippen molar-refractivity contribution in [2.75, 3.05) is 30.0 Å². The quantitative estimate of drug-likeness (QED) is 0.0781. The predicted molar refractivity (Wildman–Crippen MR) is 174 cm³/mol. The highest BCUT2D eigenvalue weighted by molar-refractivity contribution is 7.99. The number of rotatable bonds is 24. The second kappa shape index (κ2) is 22.7. The third-order valence-electron chi connectivity index (χ3n) is 7.48. The third-order valence-corrected chi connectivity index (χ3v) is 8.66. The Morgan fingerprint density at radius 1 is 0.936 bits per heavy atom. The van der Waals surface area contributed by atoms with Crippen molar-refractivity contribution >= 4 is 41.3 Å². The molecule has 1 aliphatic heterocycles. The van der Waals surface area contributed by atoms with Gasteiger partial charge < -0.3 is 40.2 Å². The summed E-state index contributed by atoms with van der Waals surface area (Å²) in [5.41, 5.74) is 0. The Balaban J connectivity index is 2.06. The summed E-state index contributed by atoms with van der Waals surface area (Å²) < 4.78 is 17.6. The lowest BCUT2D eigenvalue weighted by atomic mass is 10.1. The van der Waals surface area contributed by atoms with E-state index in [1.807, 2.05) is 20.8 Å². The van der Waals surface area contributed by atoms with Crippen molar-refractivity contribution in [3.63, 3.8) is 0 Å². The lowest BCUT2D eigenvalue weighted by Crippen LogP contribution is -2.45. The van der Waals surface area contributed by atoms with Crippen molar-refractivity contribution in [3.05, 3.63) is 6.20 Å². The van der Waals surface area contributed by atoms with Crippen molar-refractivity contribution in [2.24, 2.45) is 0 Å². The molecule has 47 heavy (non-hydrogen) atoms. The lowest BCUT2D eigenvalue weighted by Gasteiger charge is -2.21. The van der Waals surface area contributed by atoms with Gasteiger partial charge in [0.15, 0.2) is 12.0 Å². The van der Waals surface area contributed by atoms with Gasteiger partial charge in [0.2, 0.25) is 11.8 Å². The number of nitrogens with zero attached hydrogens (tertiary/aromatic N) is 3. The average molecular weight is 688 g/mol. The Bertz CT molecular complexity index is 1090. The van der Waals surface area contributed by atoms with Gasteiger partial charge in [-0.2, -0.15) is 11.8 Å². The summed E-state index contributed by atoms with van der Waals surface area (Å²) in [4.78, 5) is 50.7. The van der Waals surface area contributed by atoms with Gasteiger partial charge in [-0.05, 0) is 19.3 Å². The maximum Gasteiger partial charge on any atom is 0.306 e. The Kier molecular flexibility index (Phi) is 19.5. The summed E-state index contributed by atoms with van der Waals surface area (Å²) in [6.07, 6.45) is 4.09. The number of carbonyl (C=O) groups excluding carboxylic acids is 4. The van der Waals surface area contributed by atoms with Crippen LogP contribution in [0.3, 0.4) is 0 Å². The topological polar surface area (TPSA) is 211 Å². The summed E-state index contributed by atoms with van der Waals surface area (Å²) in [5.74, 6) is -1.28. The normalized spacial score (nSPS) is 20.4. The number of hydrogen-bond acceptors (Lipinski definition) is 13. The molecule has 1 aromatic heterocycles. The molecule has 1 fully saturated rings. The molecule has 0 radical (unpaired) electrons. The summed E-state index contributed by atoms with van der Waals surface area (Å²) in [5, 5.41) is 42.8. The minimum atomic E-state index is -1.38. The first-order chi connectivity index (χ1) is 22.6. The van der Waals surface area contributed by atoms with E-state index in [0.29, 0.717) is 19.3 Å². The first-order valence-electron chi connectivity index (χ1n) is 16.7.